The quantitative estimate of drug-likeness (QED) is 0.244. The molecule has 2 aromatic carbocycles. The highest BCUT2D eigenvalue weighted by Crippen LogP contribution is 2.24. The van der Waals surface area contributed by atoms with E-state index in [1.807, 2.05) is 0 Å². The van der Waals surface area contributed by atoms with Crippen LogP contribution in [0.3, 0.4) is 0 Å². The summed E-state index contributed by atoms with van der Waals surface area (Å²) in [6.45, 7) is 1.76. The molecule has 0 spiro atoms. The normalized spacial score (nSPS) is 11.6. The SMILES string of the molecule is CCOC(=O)C[C@@H](NC(=O)c1cc2cc(OC)ccc2oc1=O)c1cccc([N+](=O)[O-])c1. The third-order valence-corrected chi connectivity index (χ3v) is 4.65. The number of nitro benzene ring substituents is 1. The molecule has 10 nitrogen and oxygen atoms in total. The van der Waals surface area contributed by atoms with Crippen molar-refractivity contribution in [3.63, 3.8) is 0 Å². The van der Waals surface area contributed by atoms with Gasteiger partial charge in [0.2, 0.25) is 0 Å². The Labute approximate surface area is 181 Å². The first-order chi connectivity index (χ1) is 15.3. The van der Waals surface area contributed by atoms with Gasteiger partial charge in [0.1, 0.15) is 16.9 Å². The first-order valence-electron chi connectivity index (χ1n) is 9.65. The zero-order valence-corrected chi connectivity index (χ0v) is 17.3. The monoisotopic (exact) mass is 440 g/mol. The Balaban J connectivity index is 1.96. The molecule has 166 valence electrons. The van der Waals surface area contributed by atoms with Crippen molar-refractivity contribution >= 4 is 28.5 Å². The van der Waals surface area contributed by atoms with Crippen LogP contribution in [-0.4, -0.2) is 30.5 Å². The van der Waals surface area contributed by atoms with Crippen LogP contribution >= 0.6 is 0 Å². The smallest absolute Gasteiger partial charge is 0.349 e. The third-order valence-electron chi connectivity index (χ3n) is 4.65. The molecule has 0 aliphatic rings. The largest absolute Gasteiger partial charge is 0.497 e. The fourth-order valence-electron chi connectivity index (χ4n) is 3.12. The molecule has 10 heteroatoms. The van der Waals surface area contributed by atoms with Gasteiger partial charge in [0.15, 0.2) is 0 Å². The molecule has 32 heavy (non-hydrogen) atoms. The van der Waals surface area contributed by atoms with Crippen molar-refractivity contribution in [2.24, 2.45) is 0 Å². The summed E-state index contributed by atoms with van der Waals surface area (Å²) in [6.07, 6.45) is -0.284. The summed E-state index contributed by atoms with van der Waals surface area (Å²) in [6, 6.07) is 10.7. The number of carbonyl (C=O) groups is 2. The van der Waals surface area contributed by atoms with E-state index in [4.69, 9.17) is 13.9 Å². The minimum atomic E-state index is -0.971. The summed E-state index contributed by atoms with van der Waals surface area (Å²) in [5.74, 6) is -0.904. The number of nitro groups is 1. The van der Waals surface area contributed by atoms with Crippen LogP contribution < -0.4 is 15.7 Å². The van der Waals surface area contributed by atoms with E-state index in [0.717, 1.165) is 0 Å². The Morgan fingerprint density at radius 1 is 1.19 bits per heavy atom. The van der Waals surface area contributed by atoms with E-state index >= 15 is 0 Å². The molecule has 3 aromatic rings. The zero-order chi connectivity index (χ0) is 23.3. The molecule has 1 heterocycles. The molecule has 0 saturated heterocycles. The van der Waals surface area contributed by atoms with E-state index in [9.17, 15) is 24.5 Å². The maximum atomic E-state index is 12.9. The Hall–Kier alpha value is -4.21. The second kappa shape index (κ2) is 9.73. The summed E-state index contributed by atoms with van der Waals surface area (Å²) in [5.41, 5.74) is -0.774. The Kier molecular flexibility index (Phi) is 6.83. The fourth-order valence-corrected chi connectivity index (χ4v) is 3.12. The lowest BCUT2D eigenvalue weighted by Gasteiger charge is -2.18. The van der Waals surface area contributed by atoms with Crippen molar-refractivity contribution in [2.75, 3.05) is 13.7 Å². The maximum absolute atomic E-state index is 12.9. The number of rotatable bonds is 8. The van der Waals surface area contributed by atoms with Gasteiger partial charge >= 0.3 is 11.6 Å². The highest BCUT2D eigenvalue weighted by Gasteiger charge is 2.24. The van der Waals surface area contributed by atoms with Crippen LogP contribution in [0.25, 0.3) is 11.0 Å². The van der Waals surface area contributed by atoms with Crippen LogP contribution in [0.1, 0.15) is 35.3 Å². The molecule has 0 aliphatic carbocycles. The molecule has 1 atom stereocenters. The minimum absolute atomic E-state index is 0.129. The number of non-ortho nitro benzene ring substituents is 1. The lowest BCUT2D eigenvalue weighted by atomic mass is 10.0. The van der Waals surface area contributed by atoms with Crippen molar-refractivity contribution in [2.45, 2.75) is 19.4 Å². The molecule has 1 aromatic heterocycles. The molecule has 0 unspecified atom stereocenters. The van der Waals surface area contributed by atoms with Gasteiger partial charge in [-0.1, -0.05) is 12.1 Å². The van der Waals surface area contributed by atoms with Gasteiger partial charge in [-0.2, -0.15) is 0 Å². The molecule has 1 amide bonds. The summed E-state index contributed by atoms with van der Waals surface area (Å²) in [7, 11) is 1.48. The number of fused-ring (bicyclic) bond motifs is 1. The van der Waals surface area contributed by atoms with Gasteiger partial charge < -0.3 is 19.2 Å². The van der Waals surface area contributed by atoms with Crippen LogP contribution in [0.5, 0.6) is 5.75 Å². The zero-order valence-electron chi connectivity index (χ0n) is 17.3. The summed E-state index contributed by atoms with van der Waals surface area (Å²) >= 11 is 0. The van der Waals surface area contributed by atoms with Gasteiger partial charge in [-0.05, 0) is 36.8 Å². The topological polar surface area (TPSA) is 138 Å². The lowest BCUT2D eigenvalue weighted by molar-refractivity contribution is -0.384. The molecule has 0 aliphatic heterocycles. The standard InChI is InChI=1S/C22H20N2O8/c1-3-31-20(25)12-18(13-5-4-6-15(9-13)24(28)29)23-21(26)17-11-14-10-16(30-2)7-8-19(14)32-22(17)27/h4-11,18H,3,12H2,1-2H3,(H,23,26)/t18-/m1/s1. The van der Waals surface area contributed by atoms with Crippen LogP contribution in [0.4, 0.5) is 5.69 Å². The second-order valence-electron chi connectivity index (χ2n) is 6.74. The fraction of sp³-hybridized carbons (Fsp3) is 0.227. The number of hydrogen-bond acceptors (Lipinski definition) is 8. The Bertz CT molecular complexity index is 1230. The summed E-state index contributed by atoms with van der Waals surface area (Å²) in [4.78, 5) is 47.9. The van der Waals surface area contributed by atoms with Crippen LogP contribution in [0, 0.1) is 10.1 Å². The number of nitrogens with zero attached hydrogens (tertiary/aromatic N) is 1. The van der Waals surface area contributed by atoms with Crippen molar-refractivity contribution in [3.05, 3.63) is 80.2 Å². The number of esters is 1. The lowest BCUT2D eigenvalue weighted by Crippen LogP contribution is -2.33. The third kappa shape index (κ3) is 5.09. The van der Waals surface area contributed by atoms with Gasteiger partial charge in [0, 0.05) is 17.5 Å². The summed E-state index contributed by atoms with van der Waals surface area (Å²) in [5, 5.41) is 14.2. The molecular formula is C22H20N2O8. The molecule has 0 bridgehead atoms. The van der Waals surface area contributed by atoms with Gasteiger partial charge in [-0.3, -0.25) is 19.7 Å². The van der Waals surface area contributed by atoms with Crippen molar-refractivity contribution in [1.29, 1.82) is 0 Å². The van der Waals surface area contributed by atoms with Crippen LogP contribution in [0.2, 0.25) is 0 Å². The van der Waals surface area contributed by atoms with E-state index in [-0.39, 0.29) is 29.9 Å². The van der Waals surface area contributed by atoms with Crippen LogP contribution in [0.15, 0.2) is 57.7 Å². The average Bonchev–Trinajstić information content (AvgIpc) is 2.78. The van der Waals surface area contributed by atoms with Gasteiger partial charge in [0.05, 0.1) is 31.1 Å². The average molecular weight is 440 g/mol. The van der Waals surface area contributed by atoms with Crippen molar-refractivity contribution in [1.82, 2.24) is 5.32 Å². The van der Waals surface area contributed by atoms with E-state index in [1.165, 1.54) is 37.4 Å². The Morgan fingerprint density at radius 2 is 1.97 bits per heavy atom. The van der Waals surface area contributed by atoms with Crippen molar-refractivity contribution in [3.8, 4) is 5.75 Å². The van der Waals surface area contributed by atoms with Crippen molar-refractivity contribution < 1.29 is 28.4 Å². The maximum Gasteiger partial charge on any atom is 0.349 e. The second-order valence-corrected chi connectivity index (χ2v) is 6.74. The first-order valence-corrected chi connectivity index (χ1v) is 9.65. The first kappa shape index (κ1) is 22.5. The van der Waals surface area contributed by atoms with Gasteiger partial charge in [0.25, 0.3) is 11.6 Å². The number of amides is 1. The number of ether oxygens (including phenoxy) is 2. The predicted molar refractivity (Wildman–Crippen MR) is 114 cm³/mol. The van der Waals surface area contributed by atoms with E-state index in [1.54, 1.807) is 25.1 Å². The Morgan fingerprint density at radius 3 is 2.66 bits per heavy atom. The molecule has 1 N–H and O–H groups in total. The number of carbonyl (C=O) groups excluding carboxylic acids is 2. The number of hydrogen-bond donors (Lipinski definition) is 1. The van der Waals surface area contributed by atoms with E-state index < -0.39 is 28.5 Å². The minimum Gasteiger partial charge on any atom is -0.497 e. The number of nitrogens with one attached hydrogen (secondary N) is 1. The highest BCUT2D eigenvalue weighted by molar-refractivity contribution is 5.97. The van der Waals surface area contributed by atoms with Gasteiger partial charge in [-0.15, -0.1) is 0 Å². The molecule has 0 fully saturated rings. The predicted octanol–water partition coefficient (Wildman–Crippen LogP) is 3.13. The molecule has 0 radical (unpaired) electrons. The summed E-state index contributed by atoms with van der Waals surface area (Å²) < 4.78 is 15.3. The van der Waals surface area contributed by atoms with E-state index in [0.29, 0.717) is 16.7 Å². The van der Waals surface area contributed by atoms with Gasteiger partial charge in [-0.25, -0.2) is 4.79 Å². The molecule has 0 saturated carbocycles. The van der Waals surface area contributed by atoms with E-state index in [2.05, 4.69) is 5.32 Å². The highest BCUT2D eigenvalue weighted by atomic mass is 16.6. The number of methoxy groups -OCH3 is 1. The molecular weight excluding hydrogens is 420 g/mol. The van der Waals surface area contributed by atoms with Crippen LogP contribution in [-0.2, 0) is 9.53 Å². The molecule has 3 rings (SSSR count). The number of benzene rings is 2.